The van der Waals surface area contributed by atoms with Gasteiger partial charge in [0, 0.05) is 0 Å². The number of methoxy groups -OCH3 is 1. The van der Waals surface area contributed by atoms with Crippen LogP contribution in [0.4, 0.5) is 8.78 Å². The Morgan fingerprint density at radius 1 is 1.21 bits per heavy atom. The number of esters is 1. The lowest BCUT2D eigenvalue weighted by atomic mass is 10.2. The van der Waals surface area contributed by atoms with Crippen molar-refractivity contribution in [2.45, 2.75) is 0 Å². The molecule has 3 rings (SSSR count). The van der Waals surface area contributed by atoms with Crippen molar-refractivity contribution in [1.29, 1.82) is 0 Å². The Hall–Kier alpha value is -2.73. The van der Waals surface area contributed by atoms with Crippen molar-refractivity contribution in [2.24, 2.45) is 4.99 Å². The molecule has 0 unspecified atom stereocenters. The summed E-state index contributed by atoms with van der Waals surface area (Å²) in [5.41, 5.74) is 0.680. The summed E-state index contributed by atoms with van der Waals surface area (Å²) in [6, 6.07) is 8.59. The topological polar surface area (TPSA) is 47.9 Å². The highest BCUT2D eigenvalue weighted by atomic mass is 35.5. The van der Waals surface area contributed by atoms with E-state index in [0.29, 0.717) is 11.3 Å². The maximum absolute atomic E-state index is 13.4. The molecular weight excluding hydrogens is 340 g/mol. The summed E-state index contributed by atoms with van der Waals surface area (Å²) >= 11 is 5.86. The van der Waals surface area contributed by atoms with Gasteiger partial charge in [0.15, 0.2) is 17.3 Å². The zero-order chi connectivity index (χ0) is 17.3. The van der Waals surface area contributed by atoms with Crippen molar-refractivity contribution in [2.75, 3.05) is 7.11 Å². The van der Waals surface area contributed by atoms with Gasteiger partial charge in [0.1, 0.15) is 5.75 Å². The number of carbonyl (C=O) groups is 1. The molecular formula is C17H10ClF2NO3. The van der Waals surface area contributed by atoms with Gasteiger partial charge in [-0.25, -0.2) is 18.6 Å². The zero-order valence-electron chi connectivity index (χ0n) is 12.3. The quantitative estimate of drug-likeness (QED) is 0.478. The van der Waals surface area contributed by atoms with Gasteiger partial charge in [-0.3, -0.25) is 0 Å². The first-order valence-electron chi connectivity index (χ1n) is 6.79. The standard InChI is InChI=1S/C17H10ClF2NO3/c1-23-10-4-2-3-9(5-10)6-15-17(22)24-16(21-15)11-7-13(19)14(20)8-12(11)18/h2-8H,1H3/b15-6+. The summed E-state index contributed by atoms with van der Waals surface area (Å²) in [6.45, 7) is 0. The van der Waals surface area contributed by atoms with E-state index >= 15 is 0 Å². The Morgan fingerprint density at radius 2 is 1.96 bits per heavy atom. The molecule has 1 aliphatic rings. The average molecular weight is 350 g/mol. The fourth-order valence-corrected chi connectivity index (χ4v) is 2.33. The average Bonchev–Trinajstić information content (AvgIpc) is 2.91. The van der Waals surface area contributed by atoms with Crippen LogP contribution in [0.1, 0.15) is 11.1 Å². The third-order valence-corrected chi connectivity index (χ3v) is 3.57. The highest BCUT2D eigenvalue weighted by Crippen LogP contribution is 2.26. The SMILES string of the molecule is COc1cccc(/C=C2/N=C(c3cc(F)c(F)cc3Cl)OC2=O)c1. The summed E-state index contributed by atoms with van der Waals surface area (Å²) in [6.07, 6.45) is 1.49. The van der Waals surface area contributed by atoms with Crippen molar-refractivity contribution in [1.82, 2.24) is 0 Å². The molecule has 0 saturated heterocycles. The number of carbonyl (C=O) groups excluding carboxylic acids is 1. The summed E-state index contributed by atoms with van der Waals surface area (Å²) < 4.78 is 36.6. The van der Waals surface area contributed by atoms with E-state index in [1.165, 1.54) is 13.2 Å². The summed E-state index contributed by atoms with van der Waals surface area (Å²) in [5, 5.41) is -0.108. The molecule has 0 aromatic heterocycles. The maximum Gasteiger partial charge on any atom is 0.363 e. The molecule has 0 fully saturated rings. The van der Waals surface area contributed by atoms with E-state index in [-0.39, 0.29) is 22.2 Å². The van der Waals surface area contributed by atoms with Gasteiger partial charge in [0.2, 0.25) is 5.90 Å². The van der Waals surface area contributed by atoms with E-state index in [1.54, 1.807) is 24.3 Å². The predicted molar refractivity (Wildman–Crippen MR) is 85.0 cm³/mol. The fraction of sp³-hybridized carbons (Fsp3) is 0.0588. The molecule has 1 heterocycles. The van der Waals surface area contributed by atoms with Crippen molar-refractivity contribution < 1.29 is 23.0 Å². The Labute approximate surface area is 141 Å². The molecule has 0 radical (unpaired) electrons. The van der Waals surface area contributed by atoms with Crippen LogP contribution in [0.3, 0.4) is 0 Å². The summed E-state index contributed by atoms with van der Waals surface area (Å²) in [4.78, 5) is 15.9. The molecule has 24 heavy (non-hydrogen) atoms. The van der Waals surface area contributed by atoms with Gasteiger partial charge < -0.3 is 9.47 Å². The first-order chi connectivity index (χ1) is 11.5. The minimum atomic E-state index is -1.11. The lowest BCUT2D eigenvalue weighted by Crippen LogP contribution is -2.07. The third kappa shape index (κ3) is 3.14. The molecule has 0 atom stereocenters. The number of ether oxygens (including phenoxy) is 2. The van der Waals surface area contributed by atoms with E-state index in [0.717, 1.165) is 12.1 Å². The lowest BCUT2D eigenvalue weighted by Gasteiger charge is -2.03. The molecule has 0 spiro atoms. The zero-order valence-corrected chi connectivity index (χ0v) is 13.1. The van der Waals surface area contributed by atoms with Gasteiger partial charge in [-0.2, -0.15) is 0 Å². The predicted octanol–water partition coefficient (Wildman–Crippen LogP) is 3.97. The number of cyclic esters (lactones) is 1. The van der Waals surface area contributed by atoms with Gasteiger partial charge in [0.25, 0.3) is 0 Å². The first-order valence-corrected chi connectivity index (χ1v) is 7.17. The molecule has 4 nitrogen and oxygen atoms in total. The molecule has 1 aliphatic heterocycles. The maximum atomic E-state index is 13.4. The van der Waals surface area contributed by atoms with E-state index in [4.69, 9.17) is 21.1 Å². The van der Waals surface area contributed by atoms with Gasteiger partial charge >= 0.3 is 5.97 Å². The molecule has 7 heteroatoms. The number of benzene rings is 2. The van der Waals surface area contributed by atoms with Crippen LogP contribution in [0.5, 0.6) is 5.75 Å². The number of hydrogen-bond acceptors (Lipinski definition) is 4. The smallest absolute Gasteiger partial charge is 0.363 e. The minimum absolute atomic E-state index is 0.00189. The van der Waals surface area contributed by atoms with E-state index < -0.39 is 17.6 Å². The second-order valence-corrected chi connectivity index (χ2v) is 5.27. The Kier molecular flexibility index (Phi) is 4.31. The number of aliphatic imine (C=N–C) groups is 1. The van der Waals surface area contributed by atoms with Crippen molar-refractivity contribution >= 4 is 29.5 Å². The fourth-order valence-electron chi connectivity index (χ4n) is 2.10. The van der Waals surface area contributed by atoms with Gasteiger partial charge in [-0.15, -0.1) is 0 Å². The minimum Gasteiger partial charge on any atom is -0.497 e. The second-order valence-electron chi connectivity index (χ2n) is 4.86. The number of nitrogens with zero attached hydrogens (tertiary/aromatic N) is 1. The molecule has 0 bridgehead atoms. The number of hydrogen-bond donors (Lipinski definition) is 0. The highest BCUT2D eigenvalue weighted by molar-refractivity contribution is 6.34. The first kappa shape index (κ1) is 16.1. The van der Waals surface area contributed by atoms with Crippen LogP contribution in [-0.2, 0) is 9.53 Å². The summed E-state index contributed by atoms with van der Waals surface area (Å²) in [5.74, 6) is -2.49. The van der Waals surface area contributed by atoms with Crippen LogP contribution in [0.15, 0.2) is 47.1 Å². The molecule has 0 amide bonds. The van der Waals surface area contributed by atoms with Crippen molar-refractivity contribution in [3.63, 3.8) is 0 Å². The van der Waals surface area contributed by atoms with Crippen LogP contribution in [0.2, 0.25) is 5.02 Å². The largest absolute Gasteiger partial charge is 0.497 e. The molecule has 2 aromatic carbocycles. The van der Waals surface area contributed by atoms with E-state index in [1.807, 2.05) is 0 Å². The van der Waals surface area contributed by atoms with Gasteiger partial charge in [0.05, 0.1) is 17.7 Å². The highest BCUT2D eigenvalue weighted by Gasteiger charge is 2.26. The van der Waals surface area contributed by atoms with Crippen LogP contribution >= 0.6 is 11.6 Å². The molecule has 2 aromatic rings. The summed E-state index contributed by atoms with van der Waals surface area (Å²) in [7, 11) is 1.53. The molecule has 0 N–H and O–H groups in total. The van der Waals surface area contributed by atoms with Crippen LogP contribution in [0, 0.1) is 11.6 Å². The van der Waals surface area contributed by atoms with E-state index in [2.05, 4.69) is 4.99 Å². The normalized spacial score (nSPS) is 15.4. The molecule has 0 aliphatic carbocycles. The Balaban J connectivity index is 1.99. The van der Waals surface area contributed by atoms with Crippen molar-refractivity contribution in [3.8, 4) is 5.75 Å². The van der Waals surface area contributed by atoms with Crippen molar-refractivity contribution in [3.05, 3.63) is 69.9 Å². The second kappa shape index (κ2) is 6.41. The number of halogens is 3. The molecule has 0 saturated carbocycles. The Bertz CT molecular complexity index is 893. The van der Waals surface area contributed by atoms with Crippen LogP contribution in [0.25, 0.3) is 6.08 Å². The third-order valence-electron chi connectivity index (χ3n) is 3.26. The van der Waals surface area contributed by atoms with Gasteiger partial charge in [-0.05, 0) is 35.9 Å². The van der Waals surface area contributed by atoms with E-state index in [9.17, 15) is 13.6 Å². The Morgan fingerprint density at radius 3 is 2.71 bits per heavy atom. The monoisotopic (exact) mass is 349 g/mol. The number of rotatable bonds is 3. The van der Waals surface area contributed by atoms with Gasteiger partial charge in [-0.1, -0.05) is 23.7 Å². The lowest BCUT2D eigenvalue weighted by molar-refractivity contribution is -0.129. The van der Waals surface area contributed by atoms with Crippen LogP contribution in [-0.4, -0.2) is 19.0 Å². The van der Waals surface area contributed by atoms with Crippen LogP contribution < -0.4 is 4.74 Å². The molecule has 122 valence electrons.